The Labute approximate surface area is 229 Å². The molecule has 1 aromatic carbocycles. The van der Waals surface area contributed by atoms with Crippen LogP contribution in [0.1, 0.15) is 68.6 Å². The molecule has 3 aromatic rings. The molecule has 1 aliphatic carbocycles. The molecule has 0 radical (unpaired) electrons. The van der Waals surface area contributed by atoms with E-state index < -0.39 is 17.1 Å². The number of carbonyl (C=O) groups is 2. The normalized spacial score (nSPS) is 17.4. The molecule has 11 heteroatoms. The summed E-state index contributed by atoms with van der Waals surface area (Å²) in [4.78, 5) is 53.5. The van der Waals surface area contributed by atoms with E-state index in [0.29, 0.717) is 58.2 Å². The molecule has 0 saturated heterocycles. The molecule has 1 aliphatic heterocycles. The van der Waals surface area contributed by atoms with Crippen LogP contribution in [0.4, 0.5) is 5.69 Å². The van der Waals surface area contributed by atoms with Crippen molar-refractivity contribution in [1.29, 1.82) is 0 Å². The monoisotopic (exact) mass is 549 g/mol. The Morgan fingerprint density at radius 3 is 2.67 bits per heavy atom. The van der Waals surface area contributed by atoms with Crippen molar-refractivity contribution in [2.45, 2.75) is 70.4 Å². The Bertz CT molecular complexity index is 1590. The van der Waals surface area contributed by atoms with Crippen molar-refractivity contribution in [2.24, 2.45) is 0 Å². The fourth-order valence-electron chi connectivity index (χ4n) is 5.74. The van der Waals surface area contributed by atoms with Gasteiger partial charge in [0.2, 0.25) is 0 Å². The number of carbonyl (C=O) groups excluding carboxylic acids is 2. The number of hydrogen-bond acceptors (Lipinski definition) is 9. The number of benzene rings is 1. The number of aliphatic hydroxyl groups is 2. The van der Waals surface area contributed by atoms with Crippen LogP contribution >= 0.6 is 0 Å². The Hall–Kier alpha value is -3.96. The highest BCUT2D eigenvalue weighted by Gasteiger charge is 2.43. The van der Waals surface area contributed by atoms with E-state index in [1.54, 1.807) is 29.7 Å². The molecular formula is C29H31N3O8. The molecular weight excluding hydrogens is 518 g/mol. The molecule has 0 bridgehead atoms. The van der Waals surface area contributed by atoms with Crippen LogP contribution in [0.25, 0.3) is 22.3 Å². The minimum atomic E-state index is -1.72. The van der Waals surface area contributed by atoms with Gasteiger partial charge in [0.05, 0.1) is 40.4 Å². The molecule has 1 atom stereocenters. The Morgan fingerprint density at radius 2 is 1.95 bits per heavy atom. The van der Waals surface area contributed by atoms with E-state index in [2.05, 4.69) is 4.98 Å². The first-order valence-corrected chi connectivity index (χ1v) is 13.6. The van der Waals surface area contributed by atoms with Gasteiger partial charge in [-0.05, 0) is 49.9 Å². The second kappa shape index (κ2) is 10.9. The number of nitrogens with zero attached hydrogens (tertiary/aromatic N) is 3. The molecule has 0 amide bonds. The molecule has 2 aliphatic rings. The number of ether oxygens (including phenoxy) is 1. The fourth-order valence-corrected chi connectivity index (χ4v) is 5.74. The van der Waals surface area contributed by atoms with Crippen molar-refractivity contribution < 1.29 is 29.5 Å². The number of ketones is 2. The first-order valence-electron chi connectivity index (χ1n) is 13.6. The fraction of sp³-hybridized carbons (Fsp3) is 0.448. The zero-order valence-corrected chi connectivity index (χ0v) is 22.3. The number of hydrogen-bond donors (Lipinski definition) is 2. The maximum Gasteiger partial charge on any atom is 0.320 e. The van der Waals surface area contributed by atoms with E-state index in [-0.39, 0.29) is 61.0 Å². The predicted octanol–water partition coefficient (Wildman–Crippen LogP) is 3.34. The Kier molecular flexibility index (Phi) is 7.52. The minimum absolute atomic E-state index is 0.0966. The second-order valence-electron chi connectivity index (χ2n) is 10.4. The molecule has 5 rings (SSSR count). The van der Waals surface area contributed by atoms with Crippen molar-refractivity contribution >= 4 is 28.2 Å². The van der Waals surface area contributed by atoms with Crippen LogP contribution < -0.4 is 10.3 Å². The molecule has 2 aromatic heterocycles. The number of aromatic nitrogens is 2. The molecule has 210 valence electrons. The third-order valence-electron chi connectivity index (χ3n) is 7.97. The van der Waals surface area contributed by atoms with Crippen molar-refractivity contribution in [3.8, 4) is 17.1 Å². The zero-order chi connectivity index (χ0) is 28.6. The summed E-state index contributed by atoms with van der Waals surface area (Å²) in [5.74, 6) is -0.367. The van der Waals surface area contributed by atoms with Crippen molar-refractivity contribution in [2.75, 3.05) is 13.2 Å². The summed E-state index contributed by atoms with van der Waals surface area (Å²) in [6.07, 6.45) is 3.74. The van der Waals surface area contributed by atoms with Gasteiger partial charge < -0.3 is 19.5 Å². The highest BCUT2D eigenvalue weighted by atomic mass is 16.6. The van der Waals surface area contributed by atoms with Crippen LogP contribution in [-0.4, -0.2) is 49.5 Å². The number of nitro benzene ring substituents is 1. The van der Waals surface area contributed by atoms with Gasteiger partial charge in [-0.2, -0.15) is 0 Å². The van der Waals surface area contributed by atoms with Gasteiger partial charge in [0, 0.05) is 29.5 Å². The second-order valence-corrected chi connectivity index (χ2v) is 10.4. The third kappa shape index (κ3) is 4.69. The molecule has 0 fully saturated rings. The average molecular weight is 550 g/mol. The molecule has 2 N–H and O–H groups in total. The first kappa shape index (κ1) is 27.6. The van der Waals surface area contributed by atoms with E-state index in [1.165, 1.54) is 6.07 Å². The number of rotatable bonds is 11. The zero-order valence-electron chi connectivity index (χ0n) is 22.3. The largest absolute Gasteiger partial charge is 0.487 e. The SMILES string of the molecule is CC[C@@]1(O)C(=O)CCc2c1cc1n(c2=O)Cc2cc3c([N+](=O)[O-])c(OCCCCCCC(=O)CO)ccc3nc2-1. The van der Waals surface area contributed by atoms with Crippen LogP contribution in [0.5, 0.6) is 5.75 Å². The summed E-state index contributed by atoms with van der Waals surface area (Å²) in [7, 11) is 0. The first-order chi connectivity index (χ1) is 19.2. The average Bonchev–Trinajstić information content (AvgIpc) is 3.30. The van der Waals surface area contributed by atoms with Crippen molar-refractivity contribution in [3.05, 3.63) is 61.4 Å². The van der Waals surface area contributed by atoms with Crippen LogP contribution in [-0.2, 0) is 28.2 Å². The summed E-state index contributed by atoms with van der Waals surface area (Å²) in [5.41, 5.74) is 0.520. The van der Waals surface area contributed by atoms with E-state index in [9.17, 15) is 29.6 Å². The van der Waals surface area contributed by atoms with Gasteiger partial charge in [0.1, 0.15) is 12.2 Å². The van der Waals surface area contributed by atoms with Gasteiger partial charge in [-0.3, -0.25) is 24.5 Å². The van der Waals surface area contributed by atoms with E-state index in [0.717, 1.165) is 12.8 Å². The predicted molar refractivity (Wildman–Crippen MR) is 145 cm³/mol. The lowest BCUT2D eigenvalue weighted by atomic mass is 9.77. The number of nitro groups is 1. The number of aliphatic hydroxyl groups excluding tert-OH is 1. The minimum Gasteiger partial charge on any atom is -0.487 e. The number of Topliss-reactive ketones (excluding diaryl/α,β-unsaturated/α-hetero) is 2. The summed E-state index contributed by atoms with van der Waals surface area (Å²) >= 11 is 0. The molecule has 40 heavy (non-hydrogen) atoms. The number of unbranched alkanes of at least 4 members (excludes halogenated alkanes) is 3. The van der Waals surface area contributed by atoms with Crippen molar-refractivity contribution in [1.82, 2.24) is 9.55 Å². The summed E-state index contributed by atoms with van der Waals surface area (Å²) in [6.45, 7) is 1.71. The van der Waals surface area contributed by atoms with Gasteiger partial charge in [0.15, 0.2) is 17.3 Å². The summed E-state index contributed by atoms with van der Waals surface area (Å²) in [5, 5.41) is 32.3. The van der Waals surface area contributed by atoms with Gasteiger partial charge in [-0.25, -0.2) is 4.98 Å². The maximum atomic E-state index is 13.4. The van der Waals surface area contributed by atoms with Gasteiger partial charge in [0.25, 0.3) is 5.56 Å². The van der Waals surface area contributed by atoms with E-state index in [1.807, 2.05) is 0 Å². The lowest BCUT2D eigenvalue weighted by molar-refractivity contribution is -0.384. The number of pyridine rings is 2. The van der Waals surface area contributed by atoms with Gasteiger partial charge >= 0.3 is 5.69 Å². The highest BCUT2D eigenvalue weighted by molar-refractivity contribution is 5.94. The lowest BCUT2D eigenvalue weighted by Gasteiger charge is -2.32. The smallest absolute Gasteiger partial charge is 0.320 e. The van der Waals surface area contributed by atoms with E-state index in [4.69, 9.17) is 9.84 Å². The quantitative estimate of drug-likeness (QED) is 0.162. The molecule has 11 nitrogen and oxygen atoms in total. The van der Waals surface area contributed by atoms with Gasteiger partial charge in [-0.15, -0.1) is 0 Å². The third-order valence-corrected chi connectivity index (χ3v) is 7.97. The standard InChI is InChI=1S/C29H31N3O8/c1-2-29(37)21-14-23-26-17(15-31(23)28(36)19(21)8-11-25(29)35)13-20-22(30-26)9-10-24(27(20)32(38)39)40-12-6-4-3-5-7-18(34)16-33/h9-10,13-14,33,37H,2-8,11-12,15-16H2,1H3/t29-/m0/s1. The Balaban J connectivity index is 1.43. The van der Waals surface area contributed by atoms with Crippen LogP contribution in [0, 0.1) is 10.1 Å². The molecule has 0 saturated carbocycles. The van der Waals surface area contributed by atoms with E-state index >= 15 is 0 Å². The topological polar surface area (TPSA) is 162 Å². The number of fused-ring (bicyclic) bond motifs is 5. The molecule has 0 unspecified atom stereocenters. The van der Waals surface area contributed by atoms with Gasteiger partial charge in [-0.1, -0.05) is 19.8 Å². The summed E-state index contributed by atoms with van der Waals surface area (Å²) in [6, 6.07) is 6.50. The van der Waals surface area contributed by atoms with Crippen LogP contribution in [0.15, 0.2) is 29.1 Å². The lowest BCUT2D eigenvalue weighted by Crippen LogP contribution is -2.43. The Morgan fingerprint density at radius 1 is 1.18 bits per heavy atom. The summed E-state index contributed by atoms with van der Waals surface area (Å²) < 4.78 is 7.33. The molecule has 0 spiro atoms. The van der Waals surface area contributed by atoms with Crippen LogP contribution in [0.2, 0.25) is 0 Å². The maximum absolute atomic E-state index is 13.4. The van der Waals surface area contributed by atoms with Crippen LogP contribution in [0.3, 0.4) is 0 Å². The highest BCUT2D eigenvalue weighted by Crippen LogP contribution is 2.41. The molecule has 3 heterocycles. The van der Waals surface area contributed by atoms with Crippen molar-refractivity contribution in [3.63, 3.8) is 0 Å².